The van der Waals surface area contributed by atoms with Crippen LogP contribution in [0.15, 0.2) is 43.1 Å². The van der Waals surface area contributed by atoms with Crippen molar-refractivity contribution in [1.82, 2.24) is 19.3 Å². The van der Waals surface area contributed by atoms with Crippen molar-refractivity contribution in [3.8, 4) is 0 Å². The van der Waals surface area contributed by atoms with Crippen molar-refractivity contribution in [3.63, 3.8) is 0 Å². The molecule has 3 aromatic rings. The van der Waals surface area contributed by atoms with E-state index in [9.17, 15) is 4.79 Å². The van der Waals surface area contributed by atoms with Crippen LogP contribution in [0.4, 0.5) is 4.79 Å². The first kappa shape index (κ1) is 14.3. The molecule has 0 amide bonds. The van der Waals surface area contributed by atoms with Crippen LogP contribution in [-0.2, 0) is 0 Å². The van der Waals surface area contributed by atoms with Crippen molar-refractivity contribution in [2.75, 3.05) is 0 Å². The van der Waals surface area contributed by atoms with E-state index < -0.39 is 6.09 Å². The predicted molar refractivity (Wildman–Crippen MR) is 83.0 cm³/mol. The van der Waals surface area contributed by atoms with Gasteiger partial charge in [0.1, 0.15) is 6.33 Å². The molecule has 1 N–H and O–H groups in total. The van der Waals surface area contributed by atoms with Crippen LogP contribution in [0.2, 0.25) is 0 Å². The number of nitrogens with zero attached hydrogens (tertiary/aromatic N) is 4. The molecule has 0 saturated heterocycles. The zero-order valence-corrected chi connectivity index (χ0v) is 12.4. The Labute approximate surface area is 128 Å². The maximum absolute atomic E-state index is 9.98. The highest BCUT2D eigenvalue weighted by Gasteiger charge is 2.21. The summed E-state index contributed by atoms with van der Waals surface area (Å²) in [7, 11) is 0. The van der Waals surface area contributed by atoms with Gasteiger partial charge >= 0.3 is 6.09 Å². The van der Waals surface area contributed by atoms with E-state index in [0.717, 1.165) is 4.57 Å². The lowest BCUT2D eigenvalue weighted by Crippen LogP contribution is -2.18. The molecule has 6 nitrogen and oxygen atoms in total. The minimum absolute atomic E-state index is 0.661. The second-order valence-corrected chi connectivity index (χ2v) is 5.44. The quantitative estimate of drug-likeness (QED) is 0.746. The lowest BCUT2D eigenvalue weighted by molar-refractivity contribution is 0.196. The summed E-state index contributed by atoms with van der Waals surface area (Å²) in [5.41, 5.74) is 2.67. The smallest absolute Gasteiger partial charge is 0.416 e. The Morgan fingerprint density at radius 3 is 2.73 bits per heavy atom. The first-order valence-electron chi connectivity index (χ1n) is 7.31. The standard InChI is InChI=1S/C12H14N2.C4H4N2O2/c1-9-4-2-5-10-8-13-14(12(9)10)11-6-3-7-11;7-4(8)6-2-1-5-3-6/h2,4-5,8,11H,3,6-7H2,1H3;1-3H,(H,7,8). The molecule has 2 heterocycles. The SMILES string of the molecule is Cc1cccc2cnn(C3CCC3)c12.O=C(O)n1ccnc1. The van der Waals surface area contributed by atoms with E-state index in [0.29, 0.717) is 6.04 Å². The Balaban J connectivity index is 0.000000154. The van der Waals surface area contributed by atoms with Gasteiger partial charge in [0.25, 0.3) is 0 Å². The van der Waals surface area contributed by atoms with E-state index >= 15 is 0 Å². The minimum atomic E-state index is -1.01. The van der Waals surface area contributed by atoms with Gasteiger partial charge in [0.15, 0.2) is 0 Å². The molecular formula is C16H18N4O2. The van der Waals surface area contributed by atoms with Crippen molar-refractivity contribution >= 4 is 17.0 Å². The van der Waals surface area contributed by atoms with Gasteiger partial charge in [-0.25, -0.2) is 14.3 Å². The van der Waals surface area contributed by atoms with E-state index in [4.69, 9.17) is 5.11 Å². The Hall–Kier alpha value is -2.63. The number of aromatic nitrogens is 4. The van der Waals surface area contributed by atoms with E-state index in [1.807, 2.05) is 6.20 Å². The first-order chi connectivity index (χ1) is 10.7. The summed E-state index contributed by atoms with van der Waals surface area (Å²) >= 11 is 0. The van der Waals surface area contributed by atoms with Gasteiger partial charge in [-0.2, -0.15) is 5.10 Å². The molecule has 0 unspecified atom stereocenters. The first-order valence-corrected chi connectivity index (χ1v) is 7.31. The van der Waals surface area contributed by atoms with E-state index in [1.54, 1.807) is 0 Å². The molecule has 1 aliphatic carbocycles. The van der Waals surface area contributed by atoms with Crippen molar-refractivity contribution in [3.05, 3.63) is 48.7 Å². The van der Waals surface area contributed by atoms with Gasteiger partial charge in [0, 0.05) is 17.8 Å². The summed E-state index contributed by atoms with van der Waals surface area (Å²) in [5.74, 6) is 0. The zero-order chi connectivity index (χ0) is 15.5. The van der Waals surface area contributed by atoms with Crippen LogP contribution in [0.3, 0.4) is 0 Å². The summed E-state index contributed by atoms with van der Waals surface area (Å²) in [4.78, 5) is 13.5. The average molecular weight is 298 g/mol. The monoisotopic (exact) mass is 298 g/mol. The van der Waals surface area contributed by atoms with Crippen molar-refractivity contribution < 1.29 is 9.90 Å². The summed E-state index contributed by atoms with van der Waals surface area (Å²) < 4.78 is 3.19. The number of fused-ring (bicyclic) bond motifs is 1. The maximum atomic E-state index is 9.98. The Morgan fingerprint density at radius 2 is 2.18 bits per heavy atom. The summed E-state index contributed by atoms with van der Waals surface area (Å²) in [6, 6.07) is 7.07. The predicted octanol–water partition coefficient (Wildman–Crippen LogP) is 3.48. The molecule has 2 aromatic heterocycles. The molecule has 0 atom stereocenters. The molecule has 4 rings (SSSR count). The van der Waals surface area contributed by atoms with Gasteiger partial charge in [-0.3, -0.25) is 4.68 Å². The highest BCUT2D eigenvalue weighted by Crippen LogP contribution is 2.34. The van der Waals surface area contributed by atoms with Crippen LogP contribution in [0.5, 0.6) is 0 Å². The second kappa shape index (κ2) is 6.01. The molecular weight excluding hydrogens is 280 g/mol. The third kappa shape index (κ3) is 2.72. The molecule has 0 aliphatic heterocycles. The number of hydrogen-bond acceptors (Lipinski definition) is 3. The molecule has 0 spiro atoms. The minimum Gasteiger partial charge on any atom is -0.464 e. The van der Waals surface area contributed by atoms with Gasteiger partial charge in [-0.05, 0) is 31.7 Å². The molecule has 22 heavy (non-hydrogen) atoms. The van der Waals surface area contributed by atoms with E-state index in [2.05, 4.69) is 39.9 Å². The zero-order valence-electron chi connectivity index (χ0n) is 12.4. The van der Waals surface area contributed by atoms with Crippen LogP contribution in [0.25, 0.3) is 10.9 Å². The largest absolute Gasteiger partial charge is 0.464 e. The molecule has 1 saturated carbocycles. The molecule has 0 radical (unpaired) electrons. The number of para-hydroxylation sites is 1. The third-order valence-corrected chi connectivity index (χ3v) is 3.97. The molecule has 1 aromatic carbocycles. The molecule has 0 bridgehead atoms. The highest BCUT2D eigenvalue weighted by molar-refractivity contribution is 5.81. The molecule has 6 heteroatoms. The van der Waals surface area contributed by atoms with Crippen molar-refractivity contribution in [1.29, 1.82) is 0 Å². The highest BCUT2D eigenvalue weighted by atomic mass is 16.4. The molecule has 1 aliphatic rings. The van der Waals surface area contributed by atoms with Gasteiger partial charge < -0.3 is 5.11 Å². The molecule has 114 valence electrons. The number of carbonyl (C=O) groups is 1. The van der Waals surface area contributed by atoms with Crippen LogP contribution in [-0.4, -0.2) is 30.5 Å². The summed E-state index contributed by atoms with van der Waals surface area (Å²) in [6.45, 7) is 2.17. The fourth-order valence-electron chi connectivity index (χ4n) is 2.56. The number of aryl methyl sites for hydroxylation is 1. The number of hydrogen-bond donors (Lipinski definition) is 1. The number of imidazole rings is 1. The van der Waals surface area contributed by atoms with Gasteiger partial charge in [-0.1, -0.05) is 18.2 Å². The third-order valence-electron chi connectivity index (χ3n) is 3.97. The number of carboxylic acid groups (broad SMARTS) is 1. The van der Waals surface area contributed by atoms with Crippen LogP contribution in [0.1, 0.15) is 30.9 Å². The topological polar surface area (TPSA) is 72.9 Å². The number of rotatable bonds is 1. The van der Waals surface area contributed by atoms with Crippen LogP contribution in [0, 0.1) is 6.92 Å². The van der Waals surface area contributed by atoms with Crippen LogP contribution >= 0.6 is 0 Å². The normalized spacial score (nSPS) is 14.2. The van der Waals surface area contributed by atoms with E-state index in [1.165, 1.54) is 54.4 Å². The fourth-order valence-corrected chi connectivity index (χ4v) is 2.56. The second-order valence-electron chi connectivity index (χ2n) is 5.44. The van der Waals surface area contributed by atoms with Crippen molar-refractivity contribution in [2.45, 2.75) is 32.2 Å². The van der Waals surface area contributed by atoms with Gasteiger partial charge in [-0.15, -0.1) is 0 Å². The van der Waals surface area contributed by atoms with E-state index in [-0.39, 0.29) is 0 Å². The van der Waals surface area contributed by atoms with Gasteiger partial charge in [0.2, 0.25) is 0 Å². The van der Waals surface area contributed by atoms with Crippen molar-refractivity contribution in [2.24, 2.45) is 0 Å². The Bertz CT molecular complexity index is 773. The fraction of sp³-hybridized carbons (Fsp3) is 0.312. The Morgan fingerprint density at radius 1 is 1.36 bits per heavy atom. The average Bonchev–Trinajstić information content (AvgIpc) is 3.08. The van der Waals surface area contributed by atoms with Crippen LogP contribution < -0.4 is 0 Å². The lowest BCUT2D eigenvalue weighted by Gasteiger charge is -2.26. The molecule has 1 fully saturated rings. The number of benzene rings is 1. The lowest BCUT2D eigenvalue weighted by atomic mass is 9.93. The summed E-state index contributed by atoms with van der Waals surface area (Å²) in [6.07, 6.45) is 8.93. The summed E-state index contributed by atoms with van der Waals surface area (Å²) in [5, 5.41) is 14.0. The maximum Gasteiger partial charge on any atom is 0.416 e. The Kier molecular flexibility index (Phi) is 3.91. The van der Waals surface area contributed by atoms with Gasteiger partial charge in [0.05, 0.1) is 17.8 Å².